The van der Waals surface area contributed by atoms with Crippen LogP contribution in [0.5, 0.6) is 0 Å². The molecule has 1 saturated carbocycles. The number of nitrogens with zero attached hydrogens (tertiary/aromatic N) is 4. The van der Waals surface area contributed by atoms with Gasteiger partial charge in [-0.25, -0.2) is 9.37 Å². The fourth-order valence-electron chi connectivity index (χ4n) is 4.57. The largest absolute Gasteiger partial charge is 0.378 e. The van der Waals surface area contributed by atoms with Crippen LogP contribution >= 0.6 is 0 Å². The maximum absolute atomic E-state index is 14.6. The van der Waals surface area contributed by atoms with E-state index in [1.165, 1.54) is 0 Å². The van der Waals surface area contributed by atoms with E-state index in [9.17, 15) is 9.18 Å². The SMILES string of the molecule is Cc1c(F)c(=O)n(C2CCCC2)c2nc(Nc3ccc(N4CCOCC4)cc3)ncc12. The van der Waals surface area contributed by atoms with E-state index in [1.54, 1.807) is 17.7 Å². The fraction of sp³-hybridized carbons (Fsp3) is 0.435. The fourth-order valence-corrected chi connectivity index (χ4v) is 4.57. The highest BCUT2D eigenvalue weighted by Gasteiger charge is 2.24. The average Bonchev–Trinajstić information content (AvgIpc) is 3.33. The van der Waals surface area contributed by atoms with Crippen molar-refractivity contribution < 1.29 is 9.13 Å². The van der Waals surface area contributed by atoms with E-state index >= 15 is 0 Å². The molecule has 0 spiro atoms. The molecular weight excluding hydrogens is 397 g/mol. The van der Waals surface area contributed by atoms with Crippen molar-refractivity contribution in [2.45, 2.75) is 38.6 Å². The van der Waals surface area contributed by atoms with Crippen LogP contribution in [0, 0.1) is 12.7 Å². The van der Waals surface area contributed by atoms with Crippen LogP contribution in [0.4, 0.5) is 21.7 Å². The van der Waals surface area contributed by atoms with Crippen LogP contribution in [0.3, 0.4) is 0 Å². The van der Waals surface area contributed by atoms with Crippen LogP contribution < -0.4 is 15.8 Å². The molecule has 1 aromatic carbocycles. The molecule has 31 heavy (non-hydrogen) atoms. The van der Waals surface area contributed by atoms with Crippen LogP contribution in [-0.2, 0) is 4.74 Å². The Morgan fingerprint density at radius 3 is 2.55 bits per heavy atom. The summed E-state index contributed by atoms with van der Waals surface area (Å²) >= 11 is 0. The number of fused-ring (bicyclic) bond motifs is 1. The molecule has 5 rings (SSSR count). The van der Waals surface area contributed by atoms with E-state index in [2.05, 4.69) is 32.3 Å². The topological polar surface area (TPSA) is 72.3 Å². The Morgan fingerprint density at radius 1 is 1.13 bits per heavy atom. The summed E-state index contributed by atoms with van der Waals surface area (Å²) in [6.45, 7) is 4.87. The van der Waals surface area contributed by atoms with E-state index in [1.807, 2.05) is 12.1 Å². The lowest BCUT2D eigenvalue weighted by Gasteiger charge is -2.28. The van der Waals surface area contributed by atoms with Crippen molar-refractivity contribution in [3.05, 3.63) is 52.2 Å². The van der Waals surface area contributed by atoms with Crippen LogP contribution in [0.1, 0.15) is 37.3 Å². The number of halogens is 1. The lowest BCUT2D eigenvalue weighted by molar-refractivity contribution is 0.122. The van der Waals surface area contributed by atoms with Gasteiger partial charge in [0.25, 0.3) is 5.56 Å². The number of nitrogens with one attached hydrogen (secondary N) is 1. The summed E-state index contributed by atoms with van der Waals surface area (Å²) in [6, 6.07) is 8.07. The summed E-state index contributed by atoms with van der Waals surface area (Å²) in [7, 11) is 0. The molecule has 8 heteroatoms. The number of hydrogen-bond acceptors (Lipinski definition) is 6. The first-order valence-electron chi connectivity index (χ1n) is 10.9. The van der Waals surface area contributed by atoms with E-state index in [0.29, 0.717) is 22.5 Å². The van der Waals surface area contributed by atoms with Gasteiger partial charge in [0.15, 0.2) is 5.82 Å². The maximum Gasteiger partial charge on any atom is 0.288 e. The number of hydrogen-bond donors (Lipinski definition) is 1. The zero-order valence-electron chi connectivity index (χ0n) is 17.6. The molecule has 1 N–H and O–H groups in total. The Bertz CT molecular complexity index is 1150. The molecule has 0 bridgehead atoms. The molecule has 0 atom stereocenters. The summed E-state index contributed by atoms with van der Waals surface area (Å²) in [5, 5.41) is 3.80. The van der Waals surface area contributed by atoms with Gasteiger partial charge < -0.3 is 15.0 Å². The molecule has 1 saturated heterocycles. The first kappa shape index (κ1) is 19.9. The van der Waals surface area contributed by atoms with Gasteiger partial charge in [0.2, 0.25) is 5.95 Å². The van der Waals surface area contributed by atoms with Gasteiger partial charge in [0, 0.05) is 47.7 Å². The lowest BCUT2D eigenvalue weighted by Crippen LogP contribution is -2.36. The molecule has 7 nitrogen and oxygen atoms in total. The number of pyridine rings is 1. The van der Waals surface area contributed by atoms with E-state index in [0.717, 1.165) is 63.4 Å². The van der Waals surface area contributed by atoms with Crippen LogP contribution in [0.15, 0.2) is 35.3 Å². The summed E-state index contributed by atoms with van der Waals surface area (Å²) in [5.41, 5.74) is 2.21. The van der Waals surface area contributed by atoms with Crippen LogP contribution in [-0.4, -0.2) is 40.8 Å². The number of anilines is 3. The molecule has 1 aliphatic carbocycles. The molecule has 0 amide bonds. The molecule has 0 radical (unpaired) electrons. The Morgan fingerprint density at radius 2 is 1.84 bits per heavy atom. The number of benzene rings is 1. The van der Waals surface area contributed by atoms with E-state index < -0.39 is 11.4 Å². The number of rotatable bonds is 4. The third-order valence-corrected chi connectivity index (χ3v) is 6.33. The molecule has 3 heterocycles. The molecule has 2 aromatic heterocycles. The van der Waals surface area contributed by atoms with Crippen molar-refractivity contribution in [3.63, 3.8) is 0 Å². The normalized spacial score (nSPS) is 17.4. The lowest BCUT2D eigenvalue weighted by atomic mass is 10.1. The molecular formula is C23H26FN5O2. The van der Waals surface area contributed by atoms with Crippen molar-refractivity contribution in [2.24, 2.45) is 0 Å². The van der Waals surface area contributed by atoms with Crippen LogP contribution in [0.2, 0.25) is 0 Å². The van der Waals surface area contributed by atoms with Gasteiger partial charge >= 0.3 is 0 Å². The maximum atomic E-state index is 14.6. The molecule has 162 valence electrons. The quantitative estimate of drug-likeness (QED) is 0.686. The van der Waals surface area contributed by atoms with Gasteiger partial charge in [0.05, 0.1) is 13.2 Å². The minimum Gasteiger partial charge on any atom is -0.378 e. The highest BCUT2D eigenvalue weighted by atomic mass is 19.1. The molecule has 1 aliphatic heterocycles. The van der Waals surface area contributed by atoms with Crippen molar-refractivity contribution >= 4 is 28.4 Å². The zero-order chi connectivity index (χ0) is 21.4. The van der Waals surface area contributed by atoms with Crippen LogP contribution in [0.25, 0.3) is 11.0 Å². The third-order valence-electron chi connectivity index (χ3n) is 6.33. The molecule has 2 aliphatic rings. The van der Waals surface area contributed by atoms with Crippen molar-refractivity contribution in [3.8, 4) is 0 Å². The monoisotopic (exact) mass is 423 g/mol. The molecule has 2 fully saturated rings. The van der Waals surface area contributed by atoms with Crippen molar-refractivity contribution in [2.75, 3.05) is 36.5 Å². The minimum atomic E-state index is -0.706. The third kappa shape index (κ3) is 3.76. The summed E-state index contributed by atoms with van der Waals surface area (Å²) in [4.78, 5) is 24.1. The molecule has 3 aromatic rings. The number of morpholine rings is 1. The van der Waals surface area contributed by atoms with E-state index in [4.69, 9.17) is 4.74 Å². The number of ether oxygens (including phenoxy) is 1. The first-order valence-corrected chi connectivity index (χ1v) is 10.9. The summed E-state index contributed by atoms with van der Waals surface area (Å²) < 4.78 is 21.5. The second kappa shape index (κ2) is 8.26. The van der Waals surface area contributed by atoms with Gasteiger partial charge in [-0.2, -0.15) is 4.98 Å². The van der Waals surface area contributed by atoms with Gasteiger partial charge in [-0.1, -0.05) is 12.8 Å². The highest BCUT2D eigenvalue weighted by Crippen LogP contribution is 2.31. The second-order valence-electron chi connectivity index (χ2n) is 8.25. The Kier molecular flexibility index (Phi) is 5.31. The predicted molar refractivity (Wildman–Crippen MR) is 119 cm³/mol. The minimum absolute atomic E-state index is 0.0133. The highest BCUT2D eigenvalue weighted by molar-refractivity contribution is 5.79. The number of aryl methyl sites for hydroxylation is 1. The Labute approximate surface area is 179 Å². The zero-order valence-corrected chi connectivity index (χ0v) is 17.6. The predicted octanol–water partition coefficient (Wildman–Crippen LogP) is 3.93. The first-order chi connectivity index (χ1) is 15.1. The smallest absolute Gasteiger partial charge is 0.288 e. The average molecular weight is 423 g/mol. The summed E-state index contributed by atoms with van der Waals surface area (Å²) in [6.07, 6.45) is 5.43. The number of aromatic nitrogens is 3. The van der Waals surface area contributed by atoms with Crippen molar-refractivity contribution in [1.29, 1.82) is 0 Å². The van der Waals surface area contributed by atoms with Crippen molar-refractivity contribution in [1.82, 2.24) is 14.5 Å². The van der Waals surface area contributed by atoms with E-state index in [-0.39, 0.29) is 6.04 Å². The Balaban J connectivity index is 1.47. The van der Waals surface area contributed by atoms with Gasteiger partial charge in [-0.3, -0.25) is 9.36 Å². The second-order valence-corrected chi connectivity index (χ2v) is 8.25. The van der Waals surface area contributed by atoms with Gasteiger partial charge in [0.1, 0.15) is 5.65 Å². The van der Waals surface area contributed by atoms with Gasteiger partial charge in [-0.15, -0.1) is 0 Å². The summed E-state index contributed by atoms with van der Waals surface area (Å²) in [5.74, 6) is -0.314. The standard InChI is InChI=1S/C23H26FN5O2/c1-15-19-14-25-23(26-16-6-8-17(9-7-16)28-10-12-31-13-11-28)27-21(19)29(22(30)20(15)24)18-4-2-3-5-18/h6-9,14,18H,2-5,10-13H2,1H3,(H,25,26,27). The Hall–Kier alpha value is -3.00. The molecule has 0 unspecified atom stereocenters. The van der Waals surface area contributed by atoms with Gasteiger partial charge in [-0.05, 0) is 44.0 Å².